The molecule has 0 heterocycles. The van der Waals surface area contributed by atoms with E-state index in [-0.39, 0.29) is 5.02 Å². The Kier molecular flexibility index (Phi) is 6.79. The van der Waals surface area contributed by atoms with Gasteiger partial charge >= 0.3 is 12.1 Å². The van der Waals surface area contributed by atoms with E-state index in [2.05, 4.69) is 0 Å². The van der Waals surface area contributed by atoms with E-state index in [9.17, 15) is 30.8 Å². The fourth-order valence-electron chi connectivity index (χ4n) is 2.33. The maximum atomic E-state index is 13.2. The topological polar surface area (TPSA) is 63.7 Å². The number of anilines is 1. The van der Waals surface area contributed by atoms with E-state index in [0.29, 0.717) is 16.4 Å². The van der Waals surface area contributed by atoms with E-state index in [4.69, 9.17) is 16.3 Å². The SMILES string of the molecule is CC(C)OC(=O)CN(c1cc(C(F)(F)F)ccc1Cl)S(=O)(=O)c1ccc(F)cc1. The minimum absolute atomic E-state index is 0.332. The number of alkyl halides is 3. The molecule has 0 aliphatic heterocycles. The van der Waals surface area contributed by atoms with Gasteiger partial charge in [0.2, 0.25) is 0 Å². The largest absolute Gasteiger partial charge is 0.462 e. The number of esters is 1. The summed E-state index contributed by atoms with van der Waals surface area (Å²) in [6.07, 6.45) is -5.36. The number of carbonyl (C=O) groups excluding carboxylic acids is 1. The third kappa shape index (κ3) is 5.60. The second-order valence-electron chi connectivity index (χ2n) is 6.17. The van der Waals surface area contributed by atoms with Gasteiger partial charge in [0.25, 0.3) is 10.0 Å². The van der Waals surface area contributed by atoms with Crippen molar-refractivity contribution in [3.63, 3.8) is 0 Å². The zero-order valence-corrected chi connectivity index (χ0v) is 16.8. The Balaban J connectivity index is 2.62. The maximum absolute atomic E-state index is 13.2. The first-order valence-electron chi connectivity index (χ1n) is 8.17. The number of ether oxygens (including phenoxy) is 1. The highest BCUT2D eigenvalue weighted by Gasteiger charge is 2.34. The zero-order valence-electron chi connectivity index (χ0n) is 15.2. The van der Waals surface area contributed by atoms with Crippen molar-refractivity contribution in [2.45, 2.75) is 31.0 Å². The summed E-state index contributed by atoms with van der Waals surface area (Å²) in [6, 6.07) is 5.66. The van der Waals surface area contributed by atoms with Crippen LogP contribution in [-0.2, 0) is 25.7 Å². The van der Waals surface area contributed by atoms with Gasteiger partial charge < -0.3 is 4.74 Å². The normalized spacial score (nSPS) is 12.1. The van der Waals surface area contributed by atoms with Gasteiger partial charge in [0.05, 0.1) is 27.3 Å². The second kappa shape index (κ2) is 8.58. The van der Waals surface area contributed by atoms with Crippen LogP contribution in [0.25, 0.3) is 0 Å². The van der Waals surface area contributed by atoms with Crippen molar-refractivity contribution >= 4 is 33.3 Å². The van der Waals surface area contributed by atoms with Gasteiger partial charge in [-0.2, -0.15) is 13.2 Å². The molecular weight excluding hydrogens is 438 g/mol. The van der Waals surface area contributed by atoms with Crippen LogP contribution in [-0.4, -0.2) is 27.0 Å². The molecule has 2 aromatic carbocycles. The van der Waals surface area contributed by atoms with E-state index in [1.54, 1.807) is 0 Å². The maximum Gasteiger partial charge on any atom is 0.416 e. The molecule has 0 atom stereocenters. The van der Waals surface area contributed by atoms with Gasteiger partial charge in [-0.3, -0.25) is 9.10 Å². The Labute approximate surface area is 169 Å². The molecule has 0 spiro atoms. The molecule has 5 nitrogen and oxygen atoms in total. The lowest BCUT2D eigenvalue weighted by atomic mass is 10.2. The first kappa shape index (κ1) is 23.0. The summed E-state index contributed by atoms with van der Waals surface area (Å²) in [5.41, 5.74) is -1.72. The molecule has 29 heavy (non-hydrogen) atoms. The summed E-state index contributed by atoms with van der Waals surface area (Å²) in [6.45, 7) is 2.11. The highest BCUT2D eigenvalue weighted by molar-refractivity contribution is 7.92. The van der Waals surface area contributed by atoms with Crippen LogP contribution >= 0.6 is 11.6 Å². The molecule has 0 saturated heterocycles. The van der Waals surface area contributed by atoms with Crippen LogP contribution < -0.4 is 4.31 Å². The van der Waals surface area contributed by atoms with E-state index in [0.717, 1.165) is 30.3 Å². The standard InChI is InChI=1S/C18H16ClF4NO4S/c1-11(2)28-17(25)10-24(29(26,27)14-6-4-13(20)5-7-14)16-9-12(18(21,22)23)3-8-15(16)19/h3-9,11H,10H2,1-2H3. The third-order valence-corrected chi connectivity index (χ3v) is 5.68. The van der Waals surface area contributed by atoms with E-state index < -0.39 is 56.8 Å². The number of halogens is 5. The molecule has 0 aliphatic rings. The van der Waals surface area contributed by atoms with Crippen molar-refractivity contribution < 1.29 is 35.5 Å². The molecule has 0 fully saturated rings. The van der Waals surface area contributed by atoms with Crippen LogP contribution in [0.1, 0.15) is 19.4 Å². The number of nitrogens with zero attached hydrogens (tertiary/aromatic N) is 1. The van der Waals surface area contributed by atoms with Gasteiger partial charge in [-0.25, -0.2) is 12.8 Å². The lowest BCUT2D eigenvalue weighted by Crippen LogP contribution is -2.37. The van der Waals surface area contributed by atoms with Crippen LogP contribution in [0, 0.1) is 5.82 Å². The van der Waals surface area contributed by atoms with Crippen LogP contribution in [0.15, 0.2) is 47.4 Å². The molecule has 0 bridgehead atoms. The summed E-state index contributed by atoms with van der Waals surface area (Å²) in [5.74, 6) is -1.72. The predicted molar refractivity (Wildman–Crippen MR) is 98.6 cm³/mol. The predicted octanol–water partition coefficient (Wildman–Crippen LogP) is 4.64. The van der Waals surface area contributed by atoms with Crippen molar-refractivity contribution in [1.82, 2.24) is 0 Å². The average molecular weight is 454 g/mol. The minimum atomic E-state index is -4.77. The highest BCUT2D eigenvalue weighted by atomic mass is 35.5. The Hall–Kier alpha value is -2.33. The molecule has 158 valence electrons. The van der Waals surface area contributed by atoms with Crippen molar-refractivity contribution in [3.05, 3.63) is 58.9 Å². The first-order chi connectivity index (χ1) is 13.3. The molecule has 0 saturated carbocycles. The van der Waals surface area contributed by atoms with Gasteiger partial charge in [0.15, 0.2) is 0 Å². The number of sulfonamides is 1. The number of rotatable bonds is 6. The summed E-state index contributed by atoms with van der Waals surface area (Å²) in [5, 5.41) is -0.332. The number of hydrogen-bond donors (Lipinski definition) is 0. The van der Waals surface area contributed by atoms with Crippen molar-refractivity contribution in [2.24, 2.45) is 0 Å². The molecule has 0 aromatic heterocycles. The molecule has 2 aromatic rings. The van der Waals surface area contributed by atoms with Crippen LogP contribution in [0.4, 0.5) is 23.2 Å². The zero-order chi connectivity index (χ0) is 22.0. The lowest BCUT2D eigenvalue weighted by Gasteiger charge is -2.25. The fourth-order valence-corrected chi connectivity index (χ4v) is 4.02. The van der Waals surface area contributed by atoms with E-state index in [1.807, 2.05) is 0 Å². The Morgan fingerprint density at radius 3 is 2.24 bits per heavy atom. The summed E-state index contributed by atoms with van der Waals surface area (Å²) in [7, 11) is -4.57. The average Bonchev–Trinajstić information content (AvgIpc) is 2.59. The Bertz CT molecular complexity index is 992. The van der Waals surface area contributed by atoms with Gasteiger partial charge in [0, 0.05) is 0 Å². The third-order valence-electron chi connectivity index (χ3n) is 3.58. The molecule has 0 amide bonds. The van der Waals surface area contributed by atoms with Crippen LogP contribution in [0.2, 0.25) is 5.02 Å². The number of carbonyl (C=O) groups is 1. The quantitative estimate of drug-likeness (QED) is 0.472. The second-order valence-corrected chi connectivity index (χ2v) is 8.44. The molecule has 2 rings (SSSR count). The monoisotopic (exact) mass is 453 g/mol. The molecule has 0 aliphatic carbocycles. The van der Waals surface area contributed by atoms with Gasteiger partial charge in [0.1, 0.15) is 12.4 Å². The lowest BCUT2D eigenvalue weighted by molar-refractivity contribution is -0.145. The minimum Gasteiger partial charge on any atom is -0.462 e. The summed E-state index contributed by atoms with van der Waals surface area (Å²) >= 11 is 5.96. The molecule has 11 heteroatoms. The van der Waals surface area contributed by atoms with Gasteiger partial charge in [-0.05, 0) is 56.3 Å². The van der Waals surface area contributed by atoms with Crippen molar-refractivity contribution in [1.29, 1.82) is 0 Å². The summed E-state index contributed by atoms with van der Waals surface area (Å²) in [4.78, 5) is 11.7. The molecular formula is C18H16ClF4NO4S. The summed E-state index contributed by atoms with van der Waals surface area (Å²) < 4.78 is 83.9. The molecule has 0 unspecified atom stereocenters. The molecule has 0 radical (unpaired) electrons. The number of benzene rings is 2. The highest BCUT2D eigenvalue weighted by Crippen LogP contribution is 2.37. The fraction of sp³-hybridized carbons (Fsp3) is 0.278. The Morgan fingerprint density at radius 2 is 1.72 bits per heavy atom. The van der Waals surface area contributed by atoms with Crippen molar-refractivity contribution in [2.75, 3.05) is 10.8 Å². The van der Waals surface area contributed by atoms with Gasteiger partial charge in [-0.15, -0.1) is 0 Å². The molecule has 0 N–H and O–H groups in total. The van der Waals surface area contributed by atoms with E-state index in [1.165, 1.54) is 13.8 Å². The smallest absolute Gasteiger partial charge is 0.416 e. The van der Waals surface area contributed by atoms with Crippen LogP contribution in [0.3, 0.4) is 0 Å². The Morgan fingerprint density at radius 1 is 1.14 bits per heavy atom. The van der Waals surface area contributed by atoms with E-state index >= 15 is 0 Å². The van der Waals surface area contributed by atoms with Gasteiger partial charge in [-0.1, -0.05) is 11.6 Å². The van der Waals surface area contributed by atoms with Crippen LogP contribution in [0.5, 0.6) is 0 Å². The first-order valence-corrected chi connectivity index (χ1v) is 9.98. The van der Waals surface area contributed by atoms with Crippen molar-refractivity contribution in [3.8, 4) is 0 Å². The number of hydrogen-bond acceptors (Lipinski definition) is 4.